The second-order valence-corrected chi connectivity index (χ2v) is 9.22. The van der Waals surface area contributed by atoms with Crippen molar-refractivity contribution < 1.29 is 18.0 Å². The van der Waals surface area contributed by atoms with Crippen molar-refractivity contribution >= 4 is 23.2 Å². The Balaban J connectivity index is 1.13. The number of carbonyl (C=O) groups excluding carboxylic acids is 1. The number of fused-ring (bicyclic) bond motifs is 1. The molecule has 0 spiro atoms. The Bertz CT molecular complexity index is 974. The van der Waals surface area contributed by atoms with E-state index in [-0.39, 0.29) is 5.91 Å². The molecule has 0 saturated carbocycles. The average Bonchev–Trinajstić information content (AvgIpc) is 3.25. The van der Waals surface area contributed by atoms with Gasteiger partial charge in [0.1, 0.15) is 0 Å². The van der Waals surface area contributed by atoms with Gasteiger partial charge in [0, 0.05) is 56.4 Å². The van der Waals surface area contributed by atoms with Gasteiger partial charge in [0.25, 0.3) is 0 Å². The molecule has 0 N–H and O–H groups in total. The van der Waals surface area contributed by atoms with E-state index < -0.39 is 11.7 Å². The molecule has 1 saturated heterocycles. The summed E-state index contributed by atoms with van der Waals surface area (Å²) < 4.78 is 38.9. The van der Waals surface area contributed by atoms with Gasteiger partial charge in [0.15, 0.2) is 0 Å². The van der Waals surface area contributed by atoms with E-state index in [1.807, 2.05) is 28.0 Å². The monoisotopic (exact) mass is 479 g/mol. The lowest BCUT2D eigenvalue weighted by atomic mass is 10.1. The Morgan fingerprint density at radius 3 is 2.42 bits per heavy atom. The number of alkyl halides is 3. The molecule has 2 aliphatic heterocycles. The van der Waals surface area contributed by atoms with Crippen LogP contribution in [-0.4, -0.2) is 48.4 Å². The summed E-state index contributed by atoms with van der Waals surface area (Å²) in [5.41, 5.74) is 2.24. The lowest BCUT2D eigenvalue weighted by Gasteiger charge is -2.36. The summed E-state index contributed by atoms with van der Waals surface area (Å²) >= 11 is 6.24. The van der Waals surface area contributed by atoms with Gasteiger partial charge in [0.05, 0.1) is 5.56 Å². The fourth-order valence-electron chi connectivity index (χ4n) is 4.61. The molecule has 2 aliphatic rings. The van der Waals surface area contributed by atoms with Crippen LogP contribution < -0.4 is 4.90 Å². The molecule has 0 atom stereocenters. The molecule has 1 fully saturated rings. The molecule has 33 heavy (non-hydrogen) atoms. The first-order valence-electron chi connectivity index (χ1n) is 11.5. The highest BCUT2D eigenvalue weighted by molar-refractivity contribution is 6.31. The number of amides is 1. The molecule has 178 valence electrons. The van der Waals surface area contributed by atoms with Crippen molar-refractivity contribution in [3.8, 4) is 0 Å². The Morgan fingerprint density at radius 2 is 1.70 bits per heavy atom. The summed E-state index contributed by atoms with van der Waals surface area (Å²) in [6, 6.07) is 11.4. The van der Waals surface area contributed by atoms with Crippen LogP contribution in [0.25, 0.3) is 0 Å². The second kappa shape index (κ2) is 10.3. The van der Waals surface area contributed by atoms with Crippen molar-refractivity contribution in [3.05, 3.63) is 64.2 Å². The summed E-state index contributed by atoms with van der Waals surface area (Å²) in [5, 5.41) is 0.732. The minimum absolute atomic E-state index is 0.178. The minimum Gasteiger partial charge on any atom is -0.369 e. The topological polar surface area (TPSA) is 26.8 Å². The van der Waals surface area contributed by atoms with E-state index in [1.165, 1.54) is 12.1 Å². The molecule has 0 radical (unpaired) electrons. The predicted octanol–water partition coefficient (Wildman–Crippen LogP) is 5.58. The van der Waals surface area contributed by atoms with Crippen molar-refractivity contribution in [2.45, 2.75) is 44.9 Å². The summed E-state index contributed by atoms with van der Waals surface area (Å²) in [6.07, 6.45) is -0.895. The van der Waals surface area contributed by atoms with Gasteiger partial charge in [-0.25, -0.2) is 0 Å². The molecule has 0 aromatic heterocycles. The second-order valence-electron chi connectivity index (χ2n) is 8.81. The van der Waals surface area contributed by atoms with Gasteiger partial charge in [-0.3, -0.25) is 9.69 Å². The van der Waals surface area contributed by atoms with Crippen LogP contribution in [0, 0.1) is 0 Å². The quantitative estimate of drug-likeness (QED) is 0.485. The summed E-state index contributed by atoms with van der Waals surface area (Å²) in [4.78, 5) is 18.8. The van der Waals surface area contributed by atoms with Crippen molar-refractivity contribution in [1.82, 2.24) is 9.80 Å². The highest BCUT2D eigenvalue weighted by Gasteiger charge is 2.31. The first-order valence-corrected chi connectivity index (χ1v) is 11.9. The predicted molar refractivity (Wildman–Crippen MR) is 124 cm³/mol. The lowest BCUT2D eigenvalue weighted by molar-refractivity contribution is -0.137. The molecule has 2 aromatic carbocycles. The zero-order chi connectivity index (χ0) is 23.4. The molecule has 4 rings (SSSR count). The van der Waals surface area contributed by atoms with Gasteiger partial charge in [-0.05, 0) is 54.8 Å². The molecule has 4 nitrogen and oxygen atoms in total. The van der Waals surface area contributed by atoms with Crippen molar-refractivity contribution in [2.24, 2.45) is 0 Å². The van der Waals surface area contributed by atoms with Gasteiger partial charge in [-0.1, -0.05) is 36.2 Å². The maximum Gasteiger partial charge on any atom is 0.416 e. The first-order chi connectivity index (χ1) is 15.8. The Morgan fingerprint density at radius 1 is 0.939 bits per heavy atom. The van der Waals surface area contributed by atoms with Crippen LogP contribution in [0.4, 0.5) is 18.9 Å². The molecule has 0 bridgehead atoms. The maximum atomic E-state index is 13.0. The molecular formula is C25H29ClF3N3O. The van der Waals surface area contributed by atoms with E-state index in [0.29, 0.717) is 25.2 Å². The van der Waals surface area contributed by atoms with E-state index >= 15 is 0 Å². The van der Waals surface area contributed by atoms with Crippen molar-refractivity contribution in [3.63, 3.8) is 0 Å². The summed E-state index contributed by atoms with van der Waals surface area (Å²) in [6.45, 7) is 5.31. The van der Waals surface area contributed by atoms with Gasteiger partial charge < -0.3 is 9.80 Å². The minimum atomic E-state index is -4.31. The van der Waals surface area contributed by atoms with Crippen LogP contribution in [0.5, 0.6) is 0 Å². The third-order valence-electron chi connectivity index (χ3n) is 6.55. The number of benzene rings is 2. The van der Waals surface area contributed by atoms with Crippen molar-refractivity contribution in [1.29, 1.82) is 0 Å². The Kier molecular flexibility index (Phi) is 7.49. The summed E-state index contributed by atoms with van der Waals surface area (Å²) in [7, 11) is 0. The van der Waals surface area contributed by atoms with Crippen LogP contribution in [0.1, 0.15) is 42.4 Å². The molecule has 2 heterocycles. The smallest absolute Gasteiger partial charge is 0.369 e. The fraction of sp³-hybridized carbons (Fsp3) is 0.480. The van der Waals surface area contributed by atoms with Crippen LogP contribution >= 0.6 is 11.6 Å². The number of hydrogen-bond acceptors (Lipinski definition) is 3. The molecule has 0 aliphatic carbocycles. The number of anilines is 1. The van der Waals surface area contributed by atoms with E-state index in [9.17, 15) is 18.0 Å². The zero-order valence-electron chi connectivity index (χ0n) is 18.6. The first kappa shape index (κ1) is 23.9. The molecule has 8 heteroatoms. The highest BCUT2D eigenvalue weighted by Crippen LogP contribution is 2.32. The van der Waals surface area contributed by atoms with E-state index in [1.54, 1.807) is 6.07 Å². The SMILES string of the molecule is O=C(CCCCCN1CCN(c2cccc(C(F)(F)F)c2)CC1)N1Cc2cccc(Cl)c2C1. The highest BCUT2D eigenvalue weighted by atomic mass is 35.5. The number of unbranched alkanes of at least 4 members (excludes halogenated alkanes) is 2. The maximum absolute atomic E-state index is 13.0. The number of piperazine rings is 1. The lowest BCUT2D eigenvalue weighted by Crippen LogP contribution is -2.46. The van der Waals surface area contributed by atoms with Crippen LogP contribution in [0.15, 0.2) is 42.5 Å². The fourth-order valence-corrected chi connectivity index (χ4v) is 4.87. The van der Waals surface area contributed by atoms with Crippen LogP contribution in [-0.2, 0) is 24.1 Å². The Hall–Kier alpha value is -2.25. The number of halogens is 4. The summed E-state index contributed by atoms with van der Waals surface area (Å²) in [5.74, 6) is 0.178. The third-order valence-corrected chi connectivity index (χ3v) is 6.91. The zero-order valence-corrected chi connectivity index (χ0v) is 19.3. The van der Waals surface area contributed by atoms with Crippen LogP contribution in [0.2, 0.25) is 5.02 Å². The third kappa shape index (κ3) is 6.01. The normalized spacial score (nSPS) is 16.8. The Labute approximate surface area is 197 Å². The number of carbonyl (C=O) groups is 1. The van der Waals surface area contributed by atoms with Crippen LogP contribution in [0.3, 0.4) is 0 Å². The molecule has 2 aromatic rings. The van der Waals surface area contributed by atoms with Gasteiger partial charge >= 0.3 is 6.18 Å². The molecule has 0 unspecified atom stereocenters. The van der Waals surface area contributed by atoms with E-state index in [2.05, 4.69) is 4.90 Å². The van der Waals surface area contributed by atoms with E-state index in [4.69, 9.17) is 11.6 Å². The number of rotatable bonds is 7. The van der Waals surface area contributed by atoms with Gasteiger partial charge in [-0.2, -0.15) is 13.2 Å². The number of nitrogens with zero attached hydrogens (tertiary/aromatic N) is 3. The molecular weight excluding hydrogens is 451 g/mol. The van der Waals surface area contributed by atoms with Crippen molar-refractivity contribution in [2.75, 3.05) is 37.6 Å². The van der Waals surface area contributed by atoms with Gasteiger partial charge in [0.2, 0.25) is 5.91 Å². The largest absolute Gasteiger partial charge is 0.416 e. The molecule has 1 amide bonds. The number of hydrogen-bond donors (Lipinski definition) is 0. The van der Waals surface area contributed by atoms with Gasteiger partial charge in [-0.15, -0.1) is 0 Å². The standard InChI is InChI=1S/C25H29ClF3N3O/c26-23-9-4-6-19-17-32(18-22(19)23)24(33)10-2-1-3-11-30-12-14-31(15-13-30)21-8-5-7-20(16-21)25(27,28)29/h4-9,16H,1-3,10-15,17-18H2. The van der Waals surface area contributed by atoms with E-state index in [0.717, 1.165) is 74.2 Å². The average molecular weight is 480 g/mol.